The maximum atomic E-state index is 10.7. The fourth-order valence-electron chi connectivity index (χ4n) is 0.464. The Morgan fingerprint density at radius 1 is 1.00 bits per heavy atom. The zero-order chi connectivity index (χ0) is 10.1. The van der Waals surface area contributed by atoms with Gasteiger partial charge in [0.05, 0.1) is 0 Å². The summed E-state index contributed by atoms with van der Waals surface area (Å²) in [6.07, 6.45) is 9.17. The largest absolute Gasteiger partial charge is 0.452 e. The third kappa shape index (κ3) is 6.46. The first-order valence-corrected chi connectivity index (χ1v) is 3.39. The van der Waals surface area contributed by atoms with Crippen molar-refractivity contribution >= 4 is 11.9 Å². The van der Waals surface area contributed by atoms with Crippen LogP contribution in [0.5, 0.6) is 0 Å². The number of ether oxygens (including phenoxy) is 2. The van der Waals surface area contributed by atoms with Gasteiger partial charge in [-0.25, -0.2) is 0 Å². The fraction of sp³-hybridized carbons (Fsp3) is 0.333. The van der Waals surface area contributed by atoms with Crippen LogP contribution >= 0.6 is 0 Å². The summed E-state index contributed by atoms with van der Waals surface area (Å²) in [5.41, 5.74) is 0. The lowest BCUT2D eigenvalue weighted by molar-refractivity contribution is -0.152. The van der Waals surface area contributed by atoms with Crippen molar-refractivity contribution in [3.8, 4) is 24.7 Å². The van der Waals surface area contributed by atoms with Gasteiger partial charge in [-0.2, -0.15) is 0 Å². The molecule has 0 aliphatic heterocycles. The second-order valence-corrected chi connectivity index (χ2v) is 1.91. The lowest BCUT2D eigenvalue weighted by Crippen LogP contribution is -2.14. The van der Waals surface area contributed by atoms with Gasteiger partial charge in [-0.05, 0) is 0 Å². The molecule has 0 fully saturated rings. The van der Waals surface area contributed by atoms with Gasteiger partial charge in [0, 0.05) is 0 Å². The molecule has 0 radical (unpaired) electrons. The Labute approximate surface area is 76.2 Å². The molecule has 4 heteroatoms. The van der Waals surface area contributed by atoms with Crippen LogP contribution in [0.1, 0.15) is 6.42 Å². The van der Waals surface area contributed by atoms with Crippen molar-refractivity contribution in [2.45, 2.75) is 6.42 Å². The summed E-state index contributed by atoms with van der Waals surface area (Å²) in [6.45, 7) is -0.303. The molecule has 0 aliphatic carbocycles. The molecule has 4 nitrogen and oxygen atoms in total. The number of rotatable bonds is 4. The summed E-state index contributed by atoms with van der Waals surface area (Å²) < 4.78 is 8.83. The van der Waals surface area contributed by atoms with E-state index in [4.69, 9.17) is 12.8 Å². The Kier molecular flexibility index (Phi) is 5.74. The number of carbonyl (C=O) groups excluding carboxylic acids is 2. The second kappa shape index (κ2) is 6.75. The summed E-state index contributed by atoms with van der Waals surface area (Å²) in [5, 5.41) is 0. The predicted molar refractivity (Wildman–Crippen MR) is 44.2 cm³/mol. The van der Waals surface area contributed by atoms with E-state index in [2.05, 4.69) is 21.3 Å². The molecule has 0 amide bonds. The number of esters is 2. The van der Waals surface area contributed by atoms with Crippen molar-refractivity contribution in [3.63, 3.8) is 0 Å². The molecule has 0 aromatic carbocycles. The average Bonchev–Trinajstić information content (AvgIpc) is 2.11. The fourth-order valence-corrected chi connectivity index (χ4v) is 0.464. The van der Waals surface area contributed by atoms with Crippen molar-refractivity contribution in [1.29, 1.82) is 0 Å². The van der Waals surface area contributed by atoms with Gasteiger partial charge in [-0.3, -0.25) is 9.59 Å². The molecule has 0 aliphatic rings. The SMILES string of the molecule is C#CCOC(=O)CC(=O)OCC#C. The summed E-state index contributed by atoms with van der Waals surface area (Å²) in [4.78, 5) is 21.4. The molecule has 68 valence electrons. The van der Waals surface area contributed by atoms with Crippen LogP contribution in [0.2, 0.25) is 0 Å². The van der Waals surface area contributed by atoms with E-state index in [-0.39, 0.29) is 13.2 Å². The standard InChI is InChI=1S/C9H8O4/c1-3-5-12-8(10)7-9(11)13-6-4-2/h1-2H,5-7H2. The molecule has 0 atom stereocenters. The molecule has 0 saturated carbocycles. The van der Waals surface area contributed by atoms with Gasteiger partial charge in [0.2, 0.25) is 0 Å². The molecule has 0 aromatic heterocycles. The van der Waals surface area contributed by atoms with Crippen molar-refractivity contribution < 1.29 is 19.1 Å². The number of hydrogen-bond donors (Lipinski definition) is 0. The van der Waals surface area contributed by atoms with Crippen LogP contribution < -0.4 is 0 Å². The molecule has 0 unspecified atom stereocenters. The van der Waals surface area contributed by atoms with E-state index in [0.717, 1.165) is 0 Å². The van der Waals surface area contributed by atoms with Gasteiger partial charge < -0.3 is 9.47 Å². The van der Waals surface area contributed by atoms with E-state index in [1.807, 2.05) is 0 Å². The minimum absolute atomic E-state index is 0.152. The maximum Gasteiger partial charge on any atom is 0.318 e. The Morgan fingerprint density at radius 2 is 1.38 bits per heavy atom. The van der Waals surface area contributed by atoms with Gasteiger partial charge >= 0.3 is 11.9 Å². The second-order valence-electron chi connectivity index (χ2n) is 1.91. The monoisotopic (exact) mass is 180 g/mol. The zero-order valence-electron chi connectivity index (χ0n) is 6.91. The Balaban J connectivity index is 3.62. The van der Waals surface area contributed by atoms with Gasteiger partial charge in [-0.1, -0.05) is 11.8 Å². The quantitative estimate of drug-likeness (QED) is 0.339. The molecule has 0 saturated heterocycles. The molecule has 0 heterocycles. The zero-order valence-corrected chi connectivity index (χ0v) is 6.91. The predicted octanol–water partition coefficient (Wildman–Crippen LogP) is -0.271. The van der Waals surface area contributed by atoms with E-state index < -0.39 is 18.4 Å². The van der Waals surface area contributed by atoms with E-state index in [9.17, 15) is 9.59 Å². The lowest BCUT2D eigenvalue weighted by Gasteiger charge is -2.00. The molecular formula is C9H8O4. The minimum Gasteiger partial charge on any atom is -0.452 e. The first-order chi connectivity index (χ1) is 6.20. The first-order valence-electron chi connectivity index (χ1n) is 3.39. The summed E-state index contributed by atoms with van der Waals surface area (Å²) in [6, 6.07) is 0. The molecule has 0 bridgehead atoms. The number of hydrogen-bond acceptors (Lipinski definition) is 4. The van der Waals surface area contributed by atoms with Crippen LogP contribution in [-0.2, 0) is 19.1 Å². The highest BCUT2D eigenvalue weighted by atomic mass is 16.6. The normalized spacial score (nSPS) is 7.85. The summed E-state index contributed by atoms with van der Waals surface area (Å²) >= 11 is 0. The van der Waals surface area contributed by atoms with Crippen molar-refractivity contribution in [3.05, 3.63) is 0 Å². The molecule has 0 N–H and O–H groups in total. The summed E-state index contributed by atoms with van der Waals surface area (Å²) in [7, 11) is 0. The smallest absolute Gasteiger partial charge is 0.318 e. The highest BCUT2D eigenvalue weighted by Crippen LogP contribution is 1.89. The molecule has 0 spiro atoms. The van der Waals surface area contributed by atoms with Crippen LogP contribution in [-0.4, -0.2) is 25.2 Å². The number of carbonyl (C=O) groups is 2. The third-order valence-corrected chi connectivity index (χ3v) is 0.922. The molecule has 13 heavy (non-hydrogen) atoms. The third-order valence-electron chi connectivity index (χ3n) is 0.922. The molecule has 0 aromatic rings. The van der Waals surface area contributed by atoms with Gasteiger partial charge in [0.15, 0.2) is 13.2 Å². The maximum absolute atomic E-state index is 10.7. The summed E-state index contributed by atoms with van der Waals surface area (Å²) in [5.74, 6) is 2.73. The van der Waals surface area contributed by atoms with Crippen LogP contribution in [0, 0.1) is 24.7 Å². The van der Waals surface area contributed by atoms with Gasteiger partial charge in [0.25, 0.3) is 0 Å². The van der Waals surface area contributed by atoms with Crippen LogP contribution in [0.25, 0.3) is 0 Å². The van der Waals surface area contributed by atoms with Crippen molar-refractivity contribution in [2.75, 3.05) is 13.2 Å². The van der Waals surface area contributed by atoms with E-state index in [0.29, 0.717) is 0 Å². The highest BCUT2D eigenvalue weighted by molar-refractivity contribution is 5.91. The lowest BCUT2D eigenvalue weighted by atomic mass is 10.4. The number of terminal acetylenes is 2. The van der Waals surface area contributed by atoms with E-state index in [1.165, 1.54) is 0 Å². The van der Waals surface area contributed by atoms with Crippen molar-refractivity contribution in [1.82, 2.24) is 0 Å². The Hall–Kier alpha value is -1.94. The Bertz CT molecular complexity index is 238. The minimum atomic E-state index is -0.722. The first kappa shape index (κ1) is 11.1. The van der Waals surface area contributed by atoms with Crippen LogP contribution in [0.15, 0.2) is 0 Å². The van der Waals surface area contributed by atoms with E-state index >= 15 is 0 Å². The van der Waals surface area contributed by atoms with E-state index in [1.54, 1.807) is 0 Å². The van der Waals surface area contributed by atoms with Crippen molar-refractivity contribution in [2.24, 2.45) is 0 Å². The van der Waals surface area contributed by atoms with Crippen LogP contribution in [0.4, 0.5) is 0 Å². The Morgan fingerprint density at radius 3 is 1.69 bits per heavy atom. The topological polar surface area (TPSA) is 52.6 Å². The van der Waals surface area contributed by atoms with Gasteiger partial charge in [-0.15, -0.1) is 12.8 Å². The van der Waals surface area contributed by atoms with Crippen LogP contribution in [0.3, 0.4) is 0 Å². The average molecular weight is 180 g/mol. The highest BCUT2D eigenvalue weighted by Gasteiger charge is 2.10. The molecular weight excluding hydrogens is 172 g/mol. The van der Waals surface area contributed by atoms with Gasteiger partial charge in [0.1, 0.15) is 6.42 Å². The molecule has 0 rings (SSSR count).